The molecule has 0 aliphatic rings. The zero-order chi connectivity index (χ0) is 21.0. The number of nitrogens with zero attached hydrogens (tertiary/aromatic N) is 3. The van der Waals surface area contributed by atoms with Crippen LogP contribution >= 0.6 is 11.8 Å². The lowest BCUT2D eigenvalue weighted by atomic mass is 10.0. The number of aryl methyl sites for hydroxylation is 4. The lowest BCUT2D eigenvalue weighted by molar-refractivity contribution is -0.116. The van der Waals surface area contributed by atoms with Gasteiger partial charge in [-0.1, -0.05) is 53.7 Å². The molecular formula is C23H28N4OS. The molecule has 152 valence electrons. The molecule has 2 aromatic carbocycles. The fraction of sp³-hybridized carbons (Fsp3) is 0.348. The maximum Gasteiger partial charge on any atom is 0.224 e. The number of rotatable bonds is 7. The predicted octanol–water partition coefficient (Wildman–Crippen LogP) is 5.23. The lowest BCUT2D eigenvalue weighted by Gasteiger charge is -2.12. The second-order valence-corrected chi connectivity index (χ2v) is 8.52. The third-order valence-corrected chi connectivity index (χ3v) is 6.05. The number of thioether (sulfide) groups is 1. The molecule has 3 aromatic rings. The predicted molar refractivity (Wildman–Crippen MR) is 120 cm³/mol. The lowest BCUT2D eigenvalue weighted by Crippen LogP contribution is -2.13. The Labute approximate surface area is 176 Å². The van der Waals surface area contributed by atoms with Crippen molar-refractivity contribution in [2.75, 3.05) is 11.1 Å². The van der Waals surface area contributed by atoms with E-state index in [2.05, 4.69) is 53.6 Å². The van der Waals surface area contributed by atoms with Gasteiger partial charge in [0, 0.05) is 30.5 Å². The molecule has 0 saturated carbocycles. The maximum absolute atomic E-state index is 12.4. The second kappa shape index (κ2) is 9.27. The summed E-state index contributed by atoms with van der Waals surface area (Å²) in [5, 5.41) is 12.6. The Bertz CT molecular complexity index is 1000. The molecule has 1 aromatic heterocycles. The van der Waals surface area contributed by atoms with Crippen molar-refractivity contribution in [3.8, 4) is 11.4 Å². The van der Waals surface area contributed by atoms with Gasteiger partial charge in [-0.15, -0.1) is 10.2 Å². The highest BCUT2D eigenvalue weighted by atomic mass is 32.2. The first kappa shape index (κ1) is 21.1. The van der Waals surface area contributed by atoms with Gasteiger partial charge < -0.3 is 9.88 Å². The smallest absolute Gasteiger partial charge is 0.224 e. The first-order chi connectivity index (χ1) is 13.9. The van der Waals surface area contributed by atoms with E-state index in [1.54, 1.807) is 11.8 Å². The molecule has 0 atom stereocenters. The van der Waals surface area contributed by atoms with Crippen LogP contribution in [0.25, 0.3) is 11.4 Å². The average Bonchev–Trinajstić information content (AvgIpc) is 3.02. The molecule has 29 heavy (non-hydrogen) atoms. The molecule has 5 nitrogen and oxygen atoms in total. The summed E-state index contributed by atoms with van der Waals surface area (Å²) in [5.74, 6) is 1.74. The Morgan fingerprint density at radius 3 is 2.41 bits per heavy atom. The van der Waals surface area contributed by atoms with E-state index in [9.17, 15) is 4.79 Å². The third-order valence-electron chi connectivity index (χ3n) is 4.94. The number of anilines is 1. The quantitative estimate of drug-likeness (QED) is 0.430. The van der Waals surface area contributed by atoms with Crippen molar-refractivity contribution >= 4 is 23.4 Å². The van der Waals surface area contributed by atoms with Crippen LogP contribution in [0.5, 0.6) is 0 Å². The minimum absolute atomic E-state index is 0.0548. The maximum atomic E-state index is 12.4. The van der Waals surface area contributed by atoms with Crippen LogP contribution in [-0.2, 0) is 11.8 Å². The highest BCUT2D eigenvalue weighted by Gasteiger charge is 2.13. The van der Waals surface area contributed by atoms with E-state index in [1.165, 1.54) is 11.1 Å². The molecule has 0 radical (unpaired) electrons. The summed E-state index contributed by atoms with van der Waals surface area (Å²) in [5.41, 5.74) is 6.63. The van der Waals surface area contributed by atoms with E-state index in [4.69, 9.17) is 0 Å². The highest BCUT2D eigenvalue weighted by molar-refractivity contribution is 7.99. The number of nitrogens with one attached hydrogen (secondary N) is 1. The van der Waals surface area contributed by atoms with Crippen LogP contribution in [0.15, 0.2) is 41.6 Å². The van der Waals surface area contributed by atoms with Crippen molar-refractivity contribution < 1.29 is 4.79 Å². The largest absolute Gasteiger partial charge is 0.326 e. The number of hydrogen-bond acceptors (Lipinski definition) is 4. The Morgan fingerprint density at radius 2 is 1.72 bits per heavy atom. The zero-order valence-electron chi connectivity index (χ0n) is 17.7. The van der Waals surface area contributed by atoms with Gasteiger partial charge in [0.2, 0.25) is 5.91 Å². The molecule has 6 heteroatoms. The summed E-state index contributed by atoms with van der Waals surface area (Å²) in [7, 11) is 1.99. The Kier molecular flexibility index (Phi) is 6.75. The number of amides is 1. The molecule has 0 aliphatic carbocycles. The number of hydrogen-bond donors (Lipinski definition) is 1. The van der Waals surface area contributed by atoms with Gasteiger partial charge in [-0.3, -0.25) is 4.79 Å². The van der Waals surface area contributed by atoms with Crippen LogP contribution in [0.3, 0.4) is 0 Å². The summed E-state index contributed by atoms with van der Waals surface area (Å²) < 4.78 is 2.02. The standard InChI is InChI=1S/C23H28N4OS/c1-15-13-17(3)21(18(4)14-15)24-20(28)11-8-12-29-23-26-25-22(27(23)5)19-10-7-6-9-16(19)2/h6-7,9-10,13-14H,8,11-12H2,1-5H3,(H,24,28). The van der Waals surface area contributed by atoms with E-state index in [0.29, 0.717) is 6.42 Å². The van der Waals surface area contributed by atoms with Gasteiger partial charge in [-0.05, 0) is 50.8 Å². The van der Waals surface area contributed by atoms with E-state index < -0.39 is 0 Å². The normalized spacial score (nSPS) is 10.9. The summed E-state index contributed by atoms with van der Waals surface area (Å²) in [6.45, 7) is 8.21. The van der Waals surface area contributed by atoms with E-state index >= 15 is 0 Å². The van der Waals surface area contributed by atoms with Gasteiger partial charge in [-0.25, -0.2) is 0 Å². The van der Waals surface area contributed by atoms with Crippen LogP contribution < -0.4 is 5.32 Å². The van der Waals surface area contributed by atoms with Gasteiger partial charge >= 0.3 is 0 Å². The Morgan fingerprint density at radius 1 is 1.03 bits per heavy atom. The number of carbonyl (C=O) groups is 1. The number of aromatic nitrogens is 3. The summed E-state index contributed by atoms with van der Waals surface area (Å²) in [6, 6.07) is 12.4. The van der Waals surface area contributed by atoms with Gasteiger partial charge in [0.1, 0.15) is 0 Å². The third kappa shape index (κ3) is 5.07. The molecule has 0 fully saturated rings. The molecule has 1 N–H and O–H groups in total. The van der Waals surface area contributed by atoms with Gasteiger partial charge in [0.15, 0.2) is 11.0 Å². The van der Waals surface area contributed by atoms with Crippen molar-refractivity contribution in [1.29, 1.82) is 0 Å². The molecule has 0 saturated heterocycles. The average molecular weight is 409 g/mol. The van der Waals surface area contributed by atoms with Crippen molar-refractivity contribution in [3.63, 3.8) is 0 Å². The summed E-state index contributed by atoms with van der Waals surface area (Å²) in [6.07, 6.45) is 1.27. The molecule has 1 heterocycles. The molecule has 3 rings (SSSR count). The molecule has 0 aliphatic heterocycles. The zero-order valence-corrected chi connectivity index (χ0v) is 18.6. The van der Waals surface area contributed by atoms with Crippen LogP contribution in [0, 0.1) is 27.7 Å². The Balaban J connectivity index is 1.53. The molecular weight excluding hydrogens is 380 g/mol. The first-order valence-corrected chi connectivity index (χ1v) is 10.8. The fourth-order valence-corrected chi connectivity index (χ4v) is 4.32. The molecule has 0 bridgehead atoms. The van der Waals surface area contributed by atoms with E-state index in [1.807, 2.05) is 37.6 Å². The van der Waals surface area contributed by atoms with Crippen molar-refractivity contribution in [3.05, 3.63) is 58.7 Å². The van der Waals surface area contributed by atoms with Crippen LogP contribution in [0.1, 0.15) is 35.1 Å². The molecule has 0 unspecified atom stereocenters. The van der Waals surface area contributed by atoms with Gasteiger partial charge in [-0.2, -0.15) is 0 Å². The SMILES string of the molecule is Cc1cc(C)c(NC(=O)CCCSc2nnc(-c3ccccc3C)n2C)c(C)c1. The van der Waals surface area contributed by atoms with Gasteiger partial charge in [0.25, 0.3) is 0 Å². The van der Waals surface area contributed by atoms with Crippen molar-refractivity contribution in [2.45, 2.75) is 45.7 Å². The monoisotopic (exact) mass is 408 g/mol. The second-order valence-electron chi connectivity index (χ2n) is 7.45. The first-order valence-electron chi connectivity index (χ1n) is 9.82. The van der Waals surface area contributed by atoms with Gasteiger partial charge in [0.05, 0.1) is 0 Å². The number of carbonyl (C=O) groups excluding carboxylic acids is 1. The van der Waals surface area contributed by atoms with Crippen LogP contribution in [0.2, 0.25) is 0 Å². The Hall–Kier alpha value is -2.60. The summed E-state index contributed by atoms with van der Waals surface area (Å²) >= 11 is 1.63. The van der Waals surface area contributed by atoms with Crippen LogP contribution in [0.4, 0.5) is 5.69 Å². The topological polar surface area (TPSA) is 59.8 Å². The van der Waals surface area contributed by atoms with E-state index in [0.717, 1.165) is 45.5 Å². The number of benzene rings is 2. The van der Waals surface area contributed by atoms with Crippen molar-refractivity contribution in [1.82, 2.24) is 14.8 Å². The minimum atomic E-state index is 0.0548. The minimum Gasteiger partial charge on any atom is -0.326 e. The fourth-order valence-electron chi connectivity index (χ4n) is 3.47. The van der Waals surface area contributed by atoms with Crippen molar-refractivity contribution in [2.24, 2.45) is 7.05 Å². The summed E-state index contributed by atoms with van der Waals surface area (Å²) in [4.78, 5) is 12.4. The molecule has 1 amide bonds. The van der Waals surface area contributed by atoms with Crippen LogP contribution in [-0.4, -0.2) is 26.4 Å². The highest BCUT2D eigenvalue weighted by Crippen LogP contribution is 2.26. The molecule has 0 spiro atoms. The van der Waals surface area contributed by atoms with E-state index in [-0.39, 0.29) is 5.91 Å².